The monoisotopic (exact) mass is 311 g/mol. The van der Waals surface area contributed by atoms with E-state index in [1.165, 1.54) is 12.9 Å². The van der Waals surface area contributed by atoms with Crippen LogP contribution in [-0.2, 0) is 17.7 Å². The van der Waals surface area contributed by atoms with E-state index in [1.807, 2.05) is 23.5 Å². The molecule has 2 aliphatic rings. The maximum absolute atomic E-state index is 12.0. The normalized spacial score (nSPS) is 22.1. The third-order valence-electron chi connectivity index (χ3n) is 3.44. The average molecular weight is 311 g/mol. The third kappa shape index (κ3) is 2.80. The number of hydrogen-bond donors (Lipinski definition) is 1. The Morgan fingerprint density at radius 2 is 2.30 bits per heavy atom. The Kier molecular flexibility index (Phi) is 4.48. The van der Waals surface area contributed by atoms with Gasteiger partial charge in [-0.15, -0.1) is 11.8 Å². The van der Waals surface area contributed by atoms with E-state index in [2.05, 4.69) is 10.3 Å². The number of rotatable bonds is 2. The van der Waals surface area contributed by atoms with Crippen LogP contribution in [0.4, 0.5) is 0 Å². The standard InChI is InChI=1S/C13H17N3O2S2/c1-18-13(17)11-8-2-3-14-6-9(8)15-12(16-11)10-7-19-4-5-20-10/h10,14H,2-7H2,1H3. The van der Waals surface area contributed by atoms with Crippen LogP contribution in [0.5, 0.6) is 0 Å². The summed E-state index contributed by atoms with van der Waals surface area (Å²) in [7, 11) is 1.41. The number of thioether (sulfide) groups is 2. The smallest absolute Gasteiger partial charge is 0.357 e. The molecule has 0 aliphatic carbocycles. The Labute approximate surface area is 126 Å². The van der Waals surface area contributed by atoms with Crippen molar-refractivity contribution in [2.75, 3.05) is 30.9 Å². The molecule has 2 aliphatic heterocycles. The molecule has 5 nitrogen and oxygen atoms in total. The van der Waals surface area contributed by atoms with Gasteiger partial charge < -0.3 is 10.1 Å². The quantitative estimate of drug-likeness (QED) is 0.829. The van der Waals surface area contributed by atoms with E-state index in [0.29, 0.717) is 12.2 Å². The summed E-state index contributed by atoms with van der Waals surface area (Å²) in [4.78, 5) is 21.2. The lowest BCUT2D eigenvalue weighted by molar-refractivity contribution is 0.0591. The first kappa shape index (κ1) is 14.2. The van der Waals surface area contributed by atoms with Gasteiger partial charge in [0.25, 0.3) is 0 Å². The number of hydrogen-bond acceptors (Lipinski definition) is 7. The molecule has 1 aromatic heterocycles. The van der Waals surface area contributed by atoms with Crippen LogP contribution in [0.1, 0.15) is 32.8 Å². The molecule has 0 spiro atoms. The molecule has 3 heterocycles. The van der Waals surface area contributed by atoms with Crippen LogP contribution in [0.25, 0.3) is 0 Å². The largest absolute Gasteiger partial charge is 0.464 e. The van der Waals surface area contributed by atoms with Gasteiger partial charge in [-0.05, 0) is 13.0 Å². The van der Waals surface area contributed by atoms with Gasteiger partial charge in [-0.25, -0.2) is 14.8 Å². The predicted molar refractivity (Wildman–Crippen MR) is 81.3 cm³/mol. The molecule has 1 unspecified atom stereocenters. The third-order valence-corrected chi connectivity index (χ3v) is 6.19. The van der Waals surface area contributed by atoms with Crippen LogP contribution in [-0.4, -0.2) is 46.9 Å². The maximum Gasteiger partial charge on any atom is 0.357 e. The molecular formula is C13H17N3O2S2. The minimum absolute atomic E-state index is 0.282. The SMILES string of the molecule is COC(=O)c1nc(C2CSCCS2)nc2c1CCNC2. The molecule has 1 fully saturated rings. The zero-order valence-electron chi connectivity index (χ0n) is 11.3. The first-order chi connectivity index (χ1) is 9.79. The highest BCUT2D eigenvalue weighted by Gasteiger charge is 2.26. The van der Waals surface area contributed by atoms with E-state index in [-0.39, 0.29) is 11.2 Å². The van der Waals surface area contributed by atoms with E-state index >= 15 is 0 Å². The van der Waals surface area contributed by atoms with E-state index < -0.39 is 0 Å². The molecule has 1 saturated heterocycles. The van der Waals surface area contributed by atoms with E-state index in [1.54, 1.807) is 0 Å². The number of carbonyl (C=O) groups excluding carboxylic acids is 1. The van der Waals surface area contributed by atoms with Gasteiger partial charge in [-0.3, -0.25) is 0 Å². The highest BCUT2D eigenvalue weighted by Crippen LogP contribution is 2.35. The number of ether oxygens (including phenoxy) is 1. The van der Waals surface area contributed by atoms with Gasteiger partial charge >= 0.3 is 5.97 Å². The fraction of sp³-hybridized carbons (Fsp3) is 0.615. The van der Waals surface area contributed by atoms with Crippen LogP contribution in [0.15, 0.2) is 0 Å². The van der Waals surface area contributed by atoms with Gasteiger partial charge in [0, 0.05) is 29.4 Å². The minimum atomic E-state index is -0.347. The minimum Gasteiger partial charge on any atom is -0.464 e. The van der Waals surface area contributed by atoms with Crippen LogP contribution >= 0.6 is 23.5 Å². The summed E-state index contributed by atoms with van der Waals surface area (Å²) in [5, 5.41) is 3.58. The molecule has 108 valence electrons. The van der Waals surface area contributed by atoms with Gasteiger partial charge in [-0.2, -0.15) is 11.8 Å². The summed E-state index contributed by atoms with van der Waals surface area (Å²) >= 11 is 3.80. The topological polar surface area (TPSA) is 64.1 Å². The van der Waals surface area contributed by atoms with Crippen molar-refractivity contribution in [2.24, 2.45) is 0 Å². The summed E-state index contributed by atoms with van der Waals surface area (Å²) in [5.41, 5.74) is 2.37. The zero-order chi connectivity index (χ0) is 13.9. The summed E-state index contributed by atoms with van der Waals surface area (Å²) in [6.07, 6.45) is 0.784. The Morgan fingerprint density at radius 3 is 3.05 bits per heavy atom. The van der Waals surface area contributed by atoms with Crippen molar-refractivity contribution < 1.29 is 9.53 Å². The maximum atomic E-state index is 12.0. The van der Waals surface area contributed by atoms with Crippen molar-refractivity contribution >= 4 is 29.5 Å². The second-order valence-corrected chi connectivity index (χ2v) is 7.17. The fourth-order valence-electron chi connectivity index (χ4n) is 2.42. The molecular weight excluding hydrogens is 294 g/mol. The van der Waals surface area contributed by atoms with Gasteiger partial charge in [0.1, 0.15) is 5.82 Å². The van der Waals surface area contributed by atoms with Gasteiger partial charge in [0.05, 0.1) is 18.1 Å². The van der Waals surface area contributed by atoms with Gasteiger partial charge in [0.2, 0.25) is 0 Å². The first-order valence-corrected chi connectivity index (χ1v) is 8.88. The molecule has 3 rings (SSSR count). The molecule has 1 atom stereocenters. The molecule has 20 heavy (non-hydrogen) atoms. The fourth-order valence-corrected chi connectivity index (χ4v) is 5.02. The summed E-state index contributed by atoms with van der Waals surface area (Å²) in [5.74, 6) is 3.74. The molecule has 1 N–H and O–H groups in total. The number of esters is 1. The number of methoxy groups -OCH3 is 1. The van der Waals surface area contributed by atoms with Crippen molar-refractivity contribution in [3.63, 3.8) is 0 Å². The molecule has 1 aromatic rings. The lowest BCUT2D eigenvalue weighted by Gasteiger charge is -2.23. The van der Waals surface area contributed by atoms with Gasteiger partial charge in [0.15, 0.2) is 5.69 Å². The van der Waals surface area contributed by atoms with E-state index in [0.717, 1.165) is 41.6 Å². The molecule has 0 saturated carbocycles. The van der Waals surface area contributed by atoms with Crippen molar-refractivity contribution in [3.05, 3.63) is 22.8 Å². The number of carbonyl (C=O) groups is 1. The van der Waals surface area contributed by atoms with Crippen molar-refractivity contribution in [3.8, 4) is 0 Å². The second kappa shape index (κ2) is 6.32. The molecule has 0 bridgehead atoms. The Morgan fingerprint density at radius 1 is 1.40 bits per heavy atom. The van der Waals surface area contributed by atoms with Crippen molar-refractivity contribution in [1.29, 1.82) is 0 Å². The average Bonchev–Trinajstić information content (AvgIpc) is 2.54. The molecule has 0 aromatic carbocycles. The van der Waals surface area contributed by atoms with Gasteiger partial charge in [-0.1, -0.05) is 0 Å². The van der Waals surface area contributed by atoms with Crippen LogP contribution in [0.2, 0.25) is 0 Å². The van der Waals surface area contributed by atoms with Crippen LogP contribution in [0, 0.1) is 0 Å². The molecule has 0 amide bonds. The number of fused-ring (bicyclic) bond motifs is 1. The number of nitrogens with zero attached hydrogens (tertiary/aromatic N) is 2. The Hall–Kier alpha value is -0.790. The van der Waals surface area contributed by atoms with Crippen LogP contribution < -0.4 is 5.32 Å². The summed E-state index contributed by atoms with van der Waals surface area (Å²) in [6.45, 7) is 1.56. The van der Waals surface area contributed by atoms with E-state index in [9.17, 15) is 4.79 Å². The lowest BCUT2D eigenvalue weighted by Crippen LogP contribution is -2.29. The predicted octanol–water partition coefficient (Wildman–Crippen LogP) is 1.43. The summed E-state index contributed by atoms with van der Waals surface area (Å²) < 4.78 is 4.88. The van der Waals surface area contributed by atoms with Crippen molar-refractivity contribution in [2.45, 2.75) is 18.2 Å². The number of aromatic nitrogens is 2. The highest BCUT2D eigenvalue weighted by atomic mass is 32.2. The van der Waals surface area contributed by atoms with E-state index in [4.69, 9.17) is 9.72 Å². The lowest BCUT2D eigenvalue weighted by atomic mass is 10.0. The number of nitrogens with one attached hydrogen (secondary N) is 1. The highest BCUT2D eigenvalue weighted by molar-refractivity contribution is 8.06. The Bertz CT molecular complexity index is 519. The van der Waals surface area contributed by atoms with Crippen molar-refractivity contribution in [1.82, 2.24) is 15.3 Å². The van der Waals surface area contributed by atoms with Crippen LogP contribution in [0.3, 0.4) is 0 Å². The molecule has 0 radical (unpaired) electrons. The Balaban J connectivity index is 2.00. The molecule has 7 heteroatoms. The first-order valence-electron chi connectivity index (χ1n) is 6.67. The second-order valence-electron chi connectivity index (χ2n) is 4.71. The summed E-state index contributed by atoms with van der Waals surface area (Å²) in [6, 6.07) is 0. The zero-order valence-corrected chi connectivity index (χ0v) is 13.0.